The zero-order chi connectivity index (χ0) is 29.9. The monoisotopic (exact) mass is 569 g/mol. The van der Waals surface area contributed by atoms with Crippen LogP contribution in [0.2, 0.25) is 0 Å². The van der Waals surface area contributed by atoms with E-state index in [0.717, 1.165) is 16.7 Å². The van der Waals surface area contributed by atoms with Crippen LogP contribution in [-0.4, -0.2) is 59.3 Å². The lowest BCUT2D eigenvalue weighted by Gasteiger charge is -2.19. The van der Waals surface area contributed by atoms with Crippen LogP contribution in [0.1, 0.15) is 56.2 Å². The Morgan fingerprint density at radius 2 is 1.66 bits per heavy atom. The molecule has 2 aromatic rings. The molecule has 0 spiro atoms. The quantitative estimate of drug-likeness (QED) is 0.245. The molecular formula is C30H39N3O8. The number of nitrogens with one attached hydrogen (secondary N) is 3. The summed E-state index contributed by atoms with van der Waals surface area (Å²) in [6.07, 6.45) is 2.71. The number of ether oxygens (including phenoxy) is 4. The number of fused-ring (bicyclic) bond motifs is 3. The van der Waals surface area contributed by atoms with E-state index in [4.69, 9.17) is 14.2 Å². The lowest BCUT2D eigenvalue weighted by atomic mass is 9.95. The van der Waals surface area contributed by atoms with E-state index in [0.29, 0.717) is 67.3 Å². The molecule has 0 radical (unpaired) electrons. The number of carbonyl (C=O) groups is 3. The third-order valence-electron chi connectivity index (χ3n) is 6.92. The third kappa shape index (κ3) is 7.90. The summed E-state index contributed by atoms with van der Waals surface area (Å²) in [5.41, 5.74) is 3.27. The van der Waals surface area contributed by atoms with Gasteiger partial charge in [0.25, 0.3) is 0 Å². The van der Waals surface area contributed by atoms with Gasteiger partial charge in [-0.15, -0.1) is 0 Å². The van der Waals surface area contributed by atoms with E-state index in [1.807, 2.05) is 12.1 Å². The zero-order valence-electron chi connectivity index (χ0n) is 24.3. The number of hydrogen-bond donors (Lipinski definition) is 3. The molecule has 0 saturated heterocycles. The number of anilines is 1. The van der Waals surface area contributed by atoms with Gasteiger partial charge in [-0.3, -0.25) is 19.2 Å². The molecule has 0 aromatic heterocycles. The molecule has 0 bridgehead atoms. The maximum Gasteiger partial charge on any atom is 0.305 e. The fourth-order valence-corrected chi connectivity index (χ4v) is 4.98. The number of carbonyl (C=O) groups excluding carboxylic acids is 3. The molecule has 11 nitrogen and oxygen atoms in total. The third-order valence-corrected chi connectivity index (χ3v) is 6.92. The van der Waals surface area contributed by atoms with E-state index in [1.165, 1.54) is 21.1 Å². The highest BCUT2D eigenvalue weighted by atomic mass is 16.5. The van der Waals surface area contributed by atoms with E-state index in [1.54, 1.807) is 26.4 Å². The number of amides is 2. The number of esters is 1. The first kappa shape index (κ1) is 31.3. The average molecular weight is 570 g/mol. The van der Waals surface area contributed by atoms with Crippen LogP contribution >= 0.6 is 0 Å². The van der Waals surface area contributed by atoms with E-state index in [-0.39, 0.29) is 36.1 Å². The minimum atomic E-state index is -0.396. The van der Waals surface area contributed by atoms with Crippen LogP contribution in [0.4, 0.5) is 5.69 Å². The number of aryl methyl sites for hydroxylation is 1. The van der Waals surface area contributed by atoms with Gasteiger partial charge in [0.1, 0.15) is 0 Å². The highest BCUT2D eigenvalue weighted by Gasteiger charge is 2.29. The van der Waals surface area contributed by atoms with Crippen molar-refractivity contribution in [1.82, 2.24) is 10.6 Å². The van der Waals surface area contributed by atoms with Crippen molar-refractivity contribution in [3.63, 3.8) is 0 Å². The Bertz CT molecular complexity index is 1330. The normalized spacial score (nSPS) is 13.5. The molecule has 3 N–H and O–H groups in total. The van der Waals surface area contributed by atoms with Gasteiger partial charge in [0.05, 0.1) is 40.2 Å². The Morgan fingerprint density at radius 3 is 2.32 bits per heavy atom. The van der Waals surface area contributed by atoms with Crippen molar-refractivity contribution in [3.05, 3.63) is 45.6 Å². The smallest absolute Gasteiger partial charge is 0.305 e. The van der Waals surface area contributed by atoms with Crippen LogP contribution in [0.25, 0.3) is 11.1 Å². The largest absolute Gasteiger partial charge is 0.493 e. The molecule has 0 saturated carbocycles. The fraction of sp³-hybridized carbons (Fsp3) is 0.467. The van der Waals surface area contributed by atoms with Gasteiger partial charge in [-0.05, 0) is 60.6 Å². The molecule has 0 heterocycles. The van der Waals surface area contributed by atoms with Crippen LogP contribution in [0.15, 0.2) is 29.1 Å². The summed E-state index contributed by atoms with van der Waals surface area (Å²) in [5.74, 6) is 0.813. The Hall–Kier alpha value is -4.28. The van der Waals surface area contributed by atoms with Gasteiger partial charge in [0, 0.05) is 38.4 Å². The molecule has 1 aliphatic rings. The summed E-state index contributed by atoms with van der Waals surface area (Å²) in [6.45, 7) is 2.25. The predicted octanol–water partition coefficient (Wildman–Crippen LogP) is 3.12. The van der Waals surface area contributed by atoms with Crippen molar-refractivity contribution in [3.8, 4) is 28.4 Å². The zero-order valence-corrected chi connectivity index (χ0v) is 24.3. The second-order valence-electron chi connectivity index (χ2n) is 9.66. The summed E-state index contributed by atoms with van der Waals surface area (Å²) in [4.78, 5) is 48.7. The van der Waals surface area contributed by atoms with Gasteiger partial charge in [-0.25, -0.2) is 0 Å². The number of rotatable bonds is 13. The van der Waals surface area contributed by atoms with Crippen LogP contribution in [0.3, 0.4) is 0 Å². The summed E-state index contributed by atoms with van der Waals surface area (Å²) < 4.78 is 21.6. The van der Waals surface area contributed by atoms with Crippen LogP contribution in [-0.2, 0) is 25.5 Å². The lowest BCUT2D eigenvalue weighted by Crippen LogP contribution is -2.26. The van der Waals surface area contributed by atoms with E-state index >= 15 is 0 Å². The first-order valence-electron chi connectivity index (χ1n) is 13.6. The summed E-state index contributed by atoms with van der Waals surface area (Å²) in [7, 11) is 5.98. The first-order valence-corrected chi connectivity index (χ1v) is 13.6. The average Bonchev–Trinajstić information content (AvgIpc) is 3.20. The summed E-state index contributed by atoms with van der Waals surface area (Å²) in [5, 5.41) is 8.92. The van der Waals surface area contributed by atoms with Crippen molar-refractivity contribution in [2.45, 2.75) is 51.5 Å². The van der Waals surface area contributed by atoms with Gasteiger partial charge in [0.2, 0.25) is 23.0 Å². The van der Waals surface area contributed by atoms with Crippen molar-refractivity contribution in [2.24, 2.45) is 0 Å². The van der Waals surface area contributed by atoms with Crippen LogP contribution in [0.5, 0.6) is 17.2 Å². The van der Waals surface area contributed by atoms with Gasteiger partial charge in [-0.1, -0.05) is 6.07 Å². The maximum absolute atomic E-state index is 13.3. The number of hydrogen-bond acceptors (Lipinski definition) is 9. The molecule has 11 heteroatoms. The highest BCUT2D eigenvalue weighted by Crippen LogP contribution is 2.50. The highest BCUT2D eigenvalue weighted by molar-refractivity contribution is 5.84. The molecule has 1 atom stereocenters. The molecule has 1 aliphatic carbocycles. The van der Waals surface area contributed by atoms with Gasteiger partial charge in [0.15, 0.2) is 11.5 Å². The fourth-order valence-electron chi connectivity index (χ4n) is 4.98. The molecule has 0 fully saturated rings. The van der Waals surface area contributed by atoms with E-state index in [9.17, 15) is 19.2 Å². The van der Waals surface area contributed by atoms with Gasteiger partial charge < -0.3 is 34.9 Å². The number of benzene rings is 1. The Labute approximate surface area is 239 Å². The van der Waals surface area contributed by atoms with Crippen molar-refractivity contribution in [2.75, 3.05) is 46.8 Å². The second-order valence-corrected chi connectivity index (χ2v) is 9.66. The first-order chi connectivity index (χ1) is 19.7. The molecular weight excluding hydrogens is 530 g/mol. The maximum atomic E-state index is 13.3. The predicted molar refractivity (Wildman–Crippen MR) is 155 cm³/mol. The molecule has 2 amide bonds. The SMILES string of the molecule is COC(=O)CCCNC(=O)CCCNc1ccc2c(cc1=O)[C@H](NC(C)=O)CCc1cc(OC)c(OC)c(OC)c1-2. The topological polar surface area (TPSA) is 141 Å². The standard InChI is InChI=1S/C30H39N3O8/c1-18(34)33-22-12-10-19-16-25(38-2)29(40-4)30(41-5)28(19)20-11-13-23(24(35)17-21(20)22)31-14-6-8-26(36)32-15-7-9-27(37)39-3/h11,13,16-17,22H,6-10,12,14-15H2,1-5H3,(H,31,35)(H,32,36)(H,33,34)/t22-/m1/s1. The molecule has 222 valence electrons. The second kappa shape index (κ2) is 14.9. The molecule has 0 unspecified atom stereocenters. The number of methoxy groups -OCH3 is 4. The molecule has 2 aromatic carbocycles. The van der Waals surface area contributed by atoms with Gasteiger partial charge >= 0.3 is 5.97 Å². The Balaban J connectivity index is 1.86. The minimum absolute atomic E-state index is 0.129. The van der Waals surface area contributed by atoms with Crippen LogP contribution in [0, 0.1) is 0 Å². The molecule has 3 rings (SSSR count). The minimum Gasteiger partial charge on any atom is -0.493 e. The van der Waals surface area contributed by atoms with Crippen molar-refractivity contribution < 1.29 is 33.3 Å². The van der Waals surface area contributed by atoms with E-state index < -0.39 is 6.04 Å². The van der Waals surface area contributed by atoms with E-state index in [2.05, 4.69) is 20.7 Å². The lowest BCUT2D eigenvalue weighted by molar-refractivity contribution is -0.140. The molecule has 0 aliphatic heterocycles. The van der Waals surface area contributed by atoms with Crippen molar-refractivity contribution >= 4 is 23.5 Å². The van der Waals surface area contributed by atoms with Crippen molar-refractivity contribution in [1.29, 1.82) is 0 Å². The summed E-state index contributed by atoms with van der Waals surface area (Å²) in [6, 6.07) is 6.62. The van der Waals surface area contributed by atoms with Crippen LogP contribution < -0.4 is 35.6 Å². The van der Waals surface area contributed by atoms with Gasteiger partial charge in [-0.2, -0.15) is 0 Å². The summed E-state index contributed by atoms with van der Waals surface area (Å²) >= 11 is 0. The Morgan fingerprint density at radius 1 is 0.927 bits per heavy atom. The molecule has 41 heavy (non-hydrogen) atoms. The Kier molecular flexibility index (Phi) is 11.4.